The molecule has 0 aliphatic rings. The minimum absolute atomic E-state index is 0.648. The Bertz CT molecular complexity index is 684. The first kappa shape index (κ1) is 18.9. The summed E-state index contributed by atoms with van der Waals surface area (Å²) in [6, 6.07) is 12.2. The molecule has 3 nitrogen and oxygen atoms in total. The third kappa shape index (κ3) is 5.56. The van der Waals surface area contributed by atoms with Gasteiger partial charge >= 0.3 is 0 Å². The summed E-state index contributed by atoms with van der Waals surface area (Å²) in [7, 11) is 1.67. The molecular formula is C22H28O3. The molecular weight excluding hydrogens is 312 g/mol. The van der Waals surface area contributed by atoms with Gasteiger partial charge in [0.1, 0.15) is 5.75 Å². The second-order valence-corrected chi connectivity index (χ2v) is 6.04. The molecule has 2 rings (SSSR count). The zero-order valence-corrected chi connectivity index (χ0v) is 15.7. The lowest BCUT2D eigenvalue weighted by Gasteiger charge is -2.13. The van der Waals surface area contributed by atoms with Gasteiger partial charge in [0.25, 0.3) is 0 Å². The van der Waals surface area contributed by atoms with E-state index < -0.39 is 0 Å². The van der Waals surface area contributed by atoms with E-state index in [1.54, 1.807) is 7.11 Å². The van der Waals surface area contributed by atoms with Gasteiger partial charge in [0, 0.05) is 0 Å². The maximum Gasteiger partial charge on any atom is 0.161 e. The van der Waals surface area contributed by atoms with Crippen molar-refractivity contribution in [3.8, 4) is 17.2 Å². The topological polar surface area (TPSA) is 27.7 Å². The van der Waals surface area contributed by atoms with E-state index in [-0.39, 0.29) is 0 Å². The molecule has 0 heterocycles. The van der Waals surface area contributed by atoms with Crippen LogP contribution in [0.5, 0.6) is 17.2 Å². The van der Waals surface area contributed by atoms with Crippen LogP contribution in [0.15, 0.2) is 42.5 Å². The third-order valence-electron chi connectivity index (χ3n) is 4.00. The van der Waals surface area contributed by atoms with Crippen LogP contribution in [0.4, 0.5) is 0 Å². The molecule has 0 spiro atoms. The van der Waals surface area contributed by atoms with Crippen molar-refractivity contribution in [2.45, 2.75) is 33.6 Å². The zero-order valence-electron chi connectivity index (χ0n) is 15.7. The maximum absolute atomic E-state index is 5.92. The first-order valence-electron chi connectivity index (χ1n) is 8.78. The first-order chi connectivity index (χ1) is 12.2. The smallest absolute Gasteiger partial charge is 0.161 e. The van der Waals surface area contributed by atoms with Gasteiger partial charge in [0.2, 0.25) is 0 Å². The molecule has 0 fully saturated rings. The van der Waals surface area contributed by atoms with Crippen LogP contribution in [0.2, 0.25) is 0 Å². The van der Waals surface area contributed by atoms with E-state index in [1.165, 1.54) is 11.1 Å². The number of para-hydroxylation sites is 1. The molecule has 3 heteroatoms. The second kappa shape index (κ2) is 9.77. The fourth-order valence-corrected chi connectivity index (χ4v) is 2.69. The first-order valence-corrected chi connectivity index (χ1v) is 8.78. The van der Waals surface area contributed by atoms with Gasteiger partial charge in [-0.05, 0) is 62.4 Å². The van der Waals surface area contributed by atoms with E-state index in [0.717, 1.165) is 35.7 Å². The summed E-state index contributed by atoms with van der Waals surface area (Å²) in [6.45, 7) is 7.50. The molecule has 0 aliphatic heterocycles. The Morgan fingerprint density at radius 1 is 0.880 bits per heavy atom. The van der Waals surface area contributed by atoms with Crippen molar-refractivity contribution in [2.24, 2.45) is 0 Å². The highest BCUT2D eigenvalue weighted by atomic mass is 16.5. The van der Waals surface area contributed by atoms with Gasteiger partial charge in [0.05, 0.1) is 20.3 Å². The lowest BCUT2D eigenvalue weighted by atomic mass is 10.1. The maximum atomic E-state index is 5.92. The van der Waals surface area contributed by atoms with E-state index in [9.17, 15) is 0 Å². The lowest BCUT2D eigenvalue weighted by Crippen LogP contribution is -2.04. The van der Waals surface area contributed by atoms with Gasteiger partial charge < -0.3 is 14.2 Å². The van der Waals surface area contributed by atoms with Crippen LogP contribution in [-0.4, -0.2) is 20.3 Å². The fourth-order valence-electron chi connectivity index (χ4n) is 2.69. The number of hydrogen-bond donors (Lipinski definition) is 0. The van der Waals surface area contributed by atoms with E-state index in [0.29, 0.717) is 13.2 Å². The molecule has 0 amide bonds. The van der Waals surface area contributed by atoms with Crippen molar-refractivity contribution in [1.29, 1.82) is 0 Å². The molecule has 0 bridgehead atoms. The van der Waals surface area contributed by atoms with Crippen molar-refractivity contribution < 1.29 is 14.2 Å². The molecule has 0 N–H and O–H groups in total. The summed E-state index contributed by atoms with van der Waals surface area (Å²) < 4.78 is 17.2. The summed E-state index contributed by atoms with van der Waals surface area (Å²) in [6.07, 6.45) is 5.93. The Labute approximate surface area is 151 Å². The largest absolute Gasteiger partial charge is 0.493 e. The Hall–Kier alpha value is -2.42. The van der Waals surface area contributed by atoms with Crippen LogP contribution in [0.25, 0.3) is 6.08 Å². The number of ether oxygens (including phenoxy) is 3. The molecule has 134 valence electrons. The number of aryl methyl sites for hydroxylation is 2. The normalized spacial score (nSPS) is 10.9. The Morgan fingerprint density at radius 2 is 1.56 bits per heavy atom. The monoisotopic (exact) mass is 340 g/mol. The van der Waals surface area contributed by atoms with E-state index in [1.807, 2.05) is 37.3 Å². The average molecular weight is 340 g/mol. The molecule has 0 radical (unpaired) electrons. The SMILES string of the molecule is C/C=C/c1ccc(OCCCCOc2c(C)cccc2C)c(OC)c1. The summed E-state index contributed by atoms with van der Waals surface area (Å²) >= 11 is 0. The lowest BCUT2D eigenvalue weighted by molar-refractivity contribution is 0.257. The highest BCUT2D eigenvalue weighted by molar-refractivity contribution is 5.55. The predicted octanol–water partition coefficient (Wildman–Crippen LogP) is 5.58. The predicted molar refractivity (Wildman–Crippen MR) is 104 cm³/mol. The Balaban J connectivity index is 1.76. The number of rotatable bonds is 9. The van der Waals surface area contributed by atoms with E-state index >= 15 is 0 Å². The van der Waals surface area contributed by atoms with E-state index in [2.05, 4.69) is 32.0 Å². The van der Waals surface area contributed by atoms with Crippen LogP contribution in [0, 0.1) is 13.8 Å². The fraction of sp³-hybridized carbons (Fsp3) is 0.364. The van der Waals surface area contributed by atoms with Gasteiger partial charge in [-0.2, -0.15) is 0 Å². The molecule has 0 aromatic heterocycles. The number of benzene rings is 2. The minimum Gasteiger partial charge on any atom is -0.493 e. The van der Waals surface area contributed by atoms with Crippen molar-refractivity contribution >= 4 is 6.08 Å². The standard InChI is InChI=1S/C22H28O3/c1-5-9-19-12-13-20(21(16-19)23-4)24-14-6-7-15-25-22-17(2)10-8-11-18(22)3/h5,8-13,16H,6-7,14-15H2,1-4H3/b9-5+. The van der Waals surface area contributed by atoms with Gasteiger partial charge in [-0.3, -0.25) is 0 Å². The number of methoxy groups -OCH3 is 1. The zero-order chi connectivity index (χ0) is 18.1. The van der Waals surface area contributed by atoms with Gasteiger partial charge in [-0.25, -0.2) is 0 Å². The summed E-state index contributed by atoms with van der Waals surface area (Å²) in [5.74, 6) is 2.55. The molecule has 2 aromatic rings. The van der Waals surface area contributed by atoms with Gasteiger partial charge in [0.15, 0.2) is 11.5 Å². The molecule has 25 heavy (non-hydrogen) atoms. The molecule has 0 aliphatic carbocycles. The molecule has 0 saturated heterocycles. The third-order valence-corrected chi connectivity index (χ3v) is 4.00. The summed E-state index contributed by atoms with van der Waals surface area (Å²) in [4.78, 5) is 0. The van der Waals surface area contributed by atoms with Crippen molar-refractivity contribution in [3.05, 3.63) is 59.2 Å². The van der Waals surface area contributed by atoms with Crippen molar-refractivity contribution in [3.63, 3.8) is 0 Å². The minimum atomic E-state index is 0.648. The summed E-state index contributed by atoms with van der Waals surface area (Å²) in [5.41, 5.74) is 3.47. The van der Waals surface area contributed by atoms with Crippen LogP contribution in [0.1, 0.15) is 36.5 Å². The molecule has 0 unspecified atom stereocenters. The van der Waals surface area contributed by atoms with Crippen LogP contribution in [-0.2, 0) is 0 Å². The number of allylic oxidation sites excluding steroid dienone is 1. The van der Waals surface area contributed by atoms with Crippen molar-refractivity contribution in [2.75, 3.05) is 20.3 Å². The Morgan fingerprint density at radius 3 is 2.20 bits per heavy atom. The Kier molecular flexibility index (Phi) is 7.39. The second-order valence-electron chi connectivity index (χ2n) is 6.04. The van der Waals surface area contributed by atoms with Gasteiger partial charge in [-0.1, -0.05) is 36.4 Å². The summed E-state index contributed by atoms with van der Waals surface area (Å²) in [5, 5.41) is 0. The van der Waals surface area contributed by atoms with Crippen molar-refractivity contribution in [1.82, 2.24) is 0 Å². The van der Waals surface area contributed by atoms with Crippen LogP contribution in [0.3, 0.4) is 0 Å². The van der Waals surface area contributed by atoms with E-state index in [4.69, 9.17) is 14.2 Å². The highest BCUT2D eigenvalue weighted by Gasteiger charge is 2.05. The molecule has 0 atom stereocenters. The van der Waals surface area contributed by atoms with Crippen LogP contribution >= 0.6 is 0 Å². The quantitative estimate of drug-likeness (QED) is 0.557. The average Bonchev–Trinajstić information content (AvgIpc) is 2.61. The molecule has 0 saturated carbocycles. The highest BCUT2D eigenvalue weighted by Crippen LogP contribution is 2.29. The van der Waals surface area contributed by atoms with Gasteiger partial charge in [-0.15, -0.1) is 0 Å². The molecule has 2 aromatic carbocycles. The van der Waals surface area contributed by atoms with Crippen LogP contribution < -0.4 is 14.2 Å². The number of unbranched alkanes of at least 4 members (excludes halogenated alkanes) is 1. The number of hydrogen-bond acceptors (Lipinski definition) is 3.